The molecule has 6 nitrogen and oxygen atoms in total. The molecule has 0 amide bonds. The Morgan fingerprint density at radius 2 is 2.10 bits per heavy atom. The summed E-state index contributed by atoms with van der Waals surface area (Å²) in [6.45, 7) is 6.11. The molecule has 4 rings (SSSR count). The smallest absolute Gasteiger partial charge is 0.170 e. The summed E-state index contributed by atoms with van der Waals surface area (Å²) in [4.78, 5) is 21.9. The predicted molar refractivity (Wildman–Crippen MR) is 114 cm³/mol. The number of aromatic nitrogens is 1. The van der Waals surface area contributed by atoms with Crippen LogP contribution >= 0.6 is 0 Å². The topological polar surface area (TPSA) is 75.6 Å². The van der Waals surface area contributed by atoms with Gasteiger partial charge in [-0.25, -0.2) is 0 Å². The number of carbonyl (C=O) groups is 1. The first-order valence-electron chi connectivity index (χ1n) is 10.4. The highest BCUT2D eigenvalue weighted by Gasteiger charge is 2.23. The van der Waals surface area contributed by atoms with Gasteiger partial charge in [-0.15, -0.1) is 0 Å². The summed E-state index contributed by atoms with van der Waals surface area (Å²) >= 11 is 0. The van der Waals surface area contributed by atoms with Crippen LogP contribution in [0.2, 0.25) is 0 Å². The standard InChI is InChI=1S/C23H28N4O2/c1-16-3-2-4-19(11-16)29-15-18-12-22(28)20-7-10-26-21(23(20)27-18)14-25-13-17-5-8-24-9-6-17/h2-4,7,10-11,17,24-25H,5-6,8-9,12-15H2,1H3. The van der Waals surface area contributed by atoms with Gasteiger partial charge in [0.2, 0.25) is 0 Å². The molecule has 2 aromatic rings. The van der Waals surface area contributed by atoms with Crippen LogP contribution in [0.1, 0.15) is 40.9 Å². The van der Waals surface area contributed by atoms with E-state index in [2.05, 4.69) is 15.6 Å². The molecule has 0 saturated carbocycles. The summed E-state index contributed by atoms with van der Waals surface area (Å²) in [6, 6.07) is 9.67. The largest absolute Gasteiger partial charge is 0.488 e. The van der Waals surface area contributed by atoms with Crippen molar-refractivity contribution in [3.63, 3.8) is 0 Å². The lowest BCUT2D eigenvalue weighted by atomic mass is 9.98. The van der Waals surface area contributed by atoms with Crippen LogP contribution in [0.3, 0.4) is 0 Å². The van der Waals surface area contributed by atoms with Crippen LogP contribution in [-0.2, 0) is 6.54 Å². The van der Waals surface area contributed by atoms with Crippen molar-refractivity contribution in [2.45, 2.75) is 32.7 Å². The van der Waals surface area contributed by atoms with Gasteiger partial charge in [0.25, 0.3) is 0 Å². The molecule has 0 unspecified atom stereocenters. The quantitative estimate of drug-likeness (QED) is 0.757. The van der Waals surface area contributed by atoms with Crippen molar-refractivity contribution in [2.24, 2.45) is 10.9 Å². The Kier molecular flexibility index (Phi) is 6.32. The highest BCUT2D eigenvalue weighted by Crippen LogP contribution is 2.29. The van der Waals surface area contributed by atoms with Crippen LogP contribution in [-0.4, -0.2) is 42.7 Å². The van der Waals surface area contributed by atoms with Gasteiger partial charge >= 0.3 is 0 Å². The Balaban J connectivity index is 1.43. The molecule has 2 aliphatic rings. The predicted octanol–water partition coefficient (Wildman–Crippen LogP) is 3.22. The molecule has 6 heteroatoms. The zero-order valence-electron chi connectivity index (χ0n) is 16.9. The lowest BCUT2D eigenvalue weighted by Crippen LogP contribution is -2.33. The van der Waals surface area contributed by atoms with Gasteiger partial charge in [0.15, 0.2) is 5.78 Å². The maximum atomic E-state index is 12.6. The Labute approximate surface area is 171 Å². The number of hydrogen-bond acceptors (Lipinski definition) is 6. The number of hydrogen-bond donors (Lipinski definition) is 2. The van der Waals surface area contributed by atoms with Crippen LogP contribution in [0.15, 0.2) is 41.5 Å². The molecule has 0 atom stereocenters. The van der Waals surface area contributed by atoms with Gasteiger partial charge in [-0.05, 0) is 69.1 Å². The van der Waals surface area contributed by atoms with Gasteiger partial charge in [-0.1, -0.05) is 12.1 Å². The molecular weight excluding hydrogens is 364 g/mol. The Hall–Kier alpha value is -2.57. The molecule has 3 heterocycles. The number of aliphatic imine (C=N–C) groups is 1. The summed E-state index contributed by atoms with van der Waals surface area (Å²) in [5, 5.41) is 6.91. The summed E-state index contributed by atoms with van der Waals surface area (Å²) in [6.07, 6.45) is 4.40. The molecule has 0 bridgehead atoms. The average Bonchev–Trinajstić information content (AvgIpc) is 2.74. The number of aryl methyl sites for hydroxylation is 1. The minimum atomic E-state index is 0.0832. The van der Waals surface area contributed by atoms with Crippen molar-refractivity contribution in [1.82, 2.24) is 15.6 Å². The second kappa shape index (κ2) is 9.29. The average molecular weight is 393 g/mol. The Morgan fingerprint density at radius 1 is 1.24 bits per heavy atom. The monoisotopic (exact) mass is 392 g/mol. The van der Waals surface area contributed by atoms with Crippen molar-refractivity contribution >= 4 is 17.2 Å². The molecule has 0 spiro atoms. The van der Waals surface area contributed by atoms with Crippen LogP contribution < -0.4 is 15.4 Å². The van der Waals surface area contributed by atoms with E-state index in [0.29, 0.717) is 36.7 Å². The number of benzene rings is 1. The Morgan fingerprint density at radius 3 is 2.93 bits per heavy atom. The minimum absolute atomic E-state index is 0.0832. The van der Waals surface area contributed by atoms with Crippen molar-refractivity contribution in [2.75, 3.05) is 26.2 Å². The number of carbonyl (C=O) groups excluding carboxylic acids is 1. The van der Waals surface area contributed by atoms with Gasteiger partial charge in [0, 0.05) is 18.3 Å². The number of nitrogens with one attached hydrogen (secondary N) is 2. The van der Waals surface area contributed by atoms with Crippen molar-refractivity contribution < 1.29 is 9.53 Å². The first-order valence-corrected chi connectivity index (χ1v) is 10.4. The van der Waals surface area contributed by atoms with Crippen LogP contribution in [0.25, 0.3) is 0 Å². The number of ether oxygens (including phenoxy) is 1. The maximum absolute atomic E-state index is 12.6. The number of Topliss-reactive ketones (excluding diaryl/α,β-unsaturated/α-hetero) is 1. The third-order valence-electron chi connectivity index (χ3n) is 5.51. The van der Waals surface area contributed by atoms with Crippen molar-refractivity contribution in [1.29, 1.82) is 0 Å². The van der Waals surface area contributed by atoms with E-state index < -0.39 is 0 Å². The van der Waals surface area contributed by atoms with E-state index in [1.807, 2.05) is 31.2 Å². The van der Waals surface area contributed by atoms with Crippen molar-refractivity contribution in [3.8, 4) is 5.75 Å². The van der Waals surface area contributed by atoms with Crippen molar-refractivity contribution in [3.05, 3.63) is 53.3 Å². The number of fused-ring (bicyclic) bond motifs is 1. The SMILES string of the molecule is Cc1cccc(OCC2=Nc3c(ccnc3CNCC3CCNCC3)C(=O)C2)c1. The molecule has 1 saturated heterocycles. The van der Waals surface area contributed by atoms with Gasteiger partial charge in [0.1, 0.15) is 12.4 Å². The number of pyridine rings is 1. The number of rotatable bonds is 7. The number of nitrogens with zero attached hydrogens (tertiary/aromatic N) is 2. The molecule has 1 aromatic carbocycles. The zero-order valence-corrected chi connectivity index (χ0v) is 16.9. The van der Waals surface area contributed by atoms with E-state index in [0.717, 1.165) is 42.4 Å². The molecule has 1 aromatic heterocycles. The fourth-order valence-corrected chi connectivity index (χ4v) is 3.89. The second-order valence-corrected chi connectivity index (χ2v) is 7.86. The molecule has 0 radical (unpaired) electrons. The zero-order chi connectivity index (χ0) is 20.1. The van der Waals surface area contributed by atoms with Gasteiger partial charge in [0.05, 0.1) is 23.5 Å². The third kappa shape index (κ3) is 5.08. The molecule has 29 heavy (non-hydrogen) atoms. The second-order valence-electron chi connectivity index (χ2n) is 7.86. The van der Waals surface area contributed by atoms with Gasteiger partial charge in [-0.3, -0.25) is 14.8 Å². The third-order valence-corrected chi connectivity index (χ3v) is 5.51. The van der Waals surface area contributed by atoms with Crippen LogP contribution in [0.5, 0.6) is 5.75 Å². The molecule has 1 fully saturated rings. The Bertz CT molecular complexity index is 904. The fourth-order valence-electron chi connectivity index (χ4n) is 3.89. The first kappa shape index (κ1) is 19.7. The summed E-state index contributed by atoms with van der Waals surface area (Å²) < 4.78 is 5.87. The van der Waals surface area contributed by atoms with E-state index in [1.165, 1.54) is 12.8 Å². The van der Waals surface area contributed by atoms with Gasteiger partial charge in [-0.2, -0.15) is 0 Å². The van der Waals surface area contributed by atoms with E-state index in [-0.39, 0.29) is 5.78 Å². The van der Waals surface area contributed by atoms with Gasteiger partial charge < -0.3 is 15.4 Å². The maximum Gasteiger partial charge on any atom is 0.170 e. The molecule has 2 N–H and O–H groups in total. The number of piperidine rings is 1. The van der Waals surface area contributed by atoms with E-state index >= 15 is 0 Å². The minimum Gasteiger partial charge on any atom is -0.488 e. The molecule has 0 aliphatic carbocycles. The van der Waals surface area contributed by atoms with E-state index in [1.54, 1.807) is 12.3 Å². The summed E-state index contributed by atoms with van der Waals surface area (Å²) in [5.41, 5.74) is 4.08. The van der Waals surface area contributed by atoms with Crippen LogP contribution in [0, 0.1) is 12.8 Å². The highest BCUT2D eigenvalue weighted by atomic mass is 16.5. The fraction of sp³-hybridized carbons (Fsp3) is 0.435. The van der Waals surface area contributed by atoms with E-state index in [9.17, 15) is 4.79 Å². The molecule has 152 valence electrons. The normalized spacial score (nSPS) is 17.0. The van der Waals surface area contributed by atoms with E-state index in [4.69, 9.17) is 9.73 Å². The number of ketones is 1. The molecule has 2 aliphatic heterocycles. The molecular formula is C23H28N4O2. The first-order chi connectivity index (χ1) is 14.2. The summed E-state index contributed by atoms with van der Waals surface area (Å²) in [7, 11) is 0. The van der Waals surface area contributed by atoms with Crippen LogP contribution in [0.4, 0.5) is 5.69 Å². The highest BCUT2D eigenvalue weighted by molar-refractivity contribution is 6.16. The summed E-state index contributed by atoms with van der Waals surface area (Å²) in [5.74, 6) is 1.57. The lowest BCUT2D eigenvalue weighted by Gasteiger charge is -2.23. The lowest BCUT2D eigenvalue weighted by molar-refractivity contribution is 0.0998.